The van der Waals surface area contributed by atoms with Gasteiger partial charge in [0, 0.05) is 0 Å². The van der Waals surface area contributed by atoms with E-state index in [2.05, 4.69) is 55.5 Å². The van der Waals surface area contributed by atoms with Crippen molar-refractivity contribution in [3.8, 4) is 11.1 Å². The van der Waals surface area contributed by atoms with E-state index in [9.17, 15) is 0 Å². The van der Waals surface area contributed by atoms with Gasteiger partial charge in [0.25, 0.3) is 0 Å². The fraction of sp³-hybridized carbons (Fsp3) is 0.391. The highest BCUT2D eigenvalue weighted by Crippen LogP contribution is 2.36. The number of hydrogen-bond acceptors (Lipinski definition) is 1. The van der Waals surface area contributed by atoms with Gasteiger partial charge in [0.2, 0.25) is 0 Å². The number of aryl methyl sites for hydroxylation is 1. The van der Waals surface area contributed by atoms with E-state index in [4.69, 9.17) is 4.74 Å². The van der Waals surface area contributed by atoms with E-state index in [0.717, 1.165) is 0 Å². The van der Waals surface area contributed by atoms with E-state index in [1.807, 2.05) is 6.26 Å². The molecule has 24 heavy (non-hydrogen) atoms. The maximum Gasteiger partial charge on any atom is 0.0816 e. The van der Waals surface area contributed by atoms with Gasteiger partial charge in [-0.25, -0.2) is 0 Å². The quantitative estimate of drug-likeness (QED) is 0.572. The van der Waals surface area contributed by atoms with E-state index < -0.39 is 0 Å². The molecule has 1 aliphatic rings. The van der Waals surface area contributed by atoms with Gasteiger partial charge in [0.15, 0.2) is 0 Å². The fourth-order valence-electron chi connectivity index (χ4n) is 3.71. The van der Waals surface area contributed by atoms with Crippen LogP contribution in [0.4, 0.5) is 0 Å². The summed E-state index contributed by atoms with van der Waals surface area (Å²) in [4.78, 5) is 0. The molecule has 126 valence electrons. The van der Waals surface area contributed by atoms with Crippen molar-refractivity contribution in [3.63, 3.8) is 0 Å². The number of methoxy groups -OCH3 is 1. The zero-order valence-electron chi connectivity index (χ0n) is 14.9. The largest absolute Gasteiger partial charge is 0.504 e. The highest BCUT2D eigenvalue weighted by Gasteiger charge is 2.18. The summed E-state index contributed by atoms with van der Waals surface area (Å²) in [5, 5.41) is 0. The van der Waals surface area contributed by atoms with Crippen LogP contribution in [0, 0.1) is 0 Å². The average molecular weight is 320 g/mol. The highest BCUT2D eigenvalue weighted by atomic mass is 16.5. The first-order valence-electron chi connectivity index (χ1n) is 9.20. The van der Waals surface area contributed by atoms with Crippen molar-refractivity contribution in [3.05, 3.63) is 71.5 Å². The minimum Gasteiger partial charge on any atom is -0.504 e. The molecule has 1 aliphatic carbocycles. The van der Waals surface area contributed by atoms with Gasteiger partial charge in [0.1, 0.15) is 0 Å². The van der Waals surface area contributed by atoms with Crippen LogP contribution >= 0.6 is 0 Å². The van der Waals surface area contributed by atoms with Crippen LogP contribution in [0.2, 0.25) is 0 Å². The summed E-state index contributed by atoms with van der Waals surface area (Å²) in [6, 6.07) is 18.2. The highest BCUT2D eigenvalue weighted by molar-refractivity contribution is 5.64. The van der Waals surface area contributed by atoms with Crippen LogP contribution in [0.5, 0.6) is 0 Å². The zero-order chi connectivity index (χ0) is 16.8. The summed E-state index contributed by atoms with van der Waals surface area (Å²) in [5.74, 6) is 0.694. The average Bonchev–Trinajstić information content (AvgIpc) is 2.64. The van der Waals surface area contributed by atoms with Crippen LogP contribution in [-0.2, 0) is 11.2 Å². The molecule has 1 nitrogen and oxygen atoms in total. The third kappa shape index (κ3) is 4.08. The predicted molar refractivity (Wildman–Crippen MR) is 102 cm³/mol. The number of allylic oxidation sites excluding steroid dienone is 1. The third-order valence-electron chi connectivity index (χ3n) is 5.12. The summed E-state index contributed by atoms with van der Waals surface area (Å²) >= 11 is 0. The molecular formula is C23H28O. The van der Waals surface area contributed by atoms with Gasteiger partial charge in [-0.15, -0.1) is 0 Å². The molecule has 1 heteroatoms. The van der Waals surface area contributed by atoms with E-state index >= 15 is 0 Å². The standard InChI is InChI=1S/C23H28O/c1-3-4-18-5-9-20(10-6-18)22-13-15-23(16-14-22)21-11-7-19(8-12-21)17-24-2/h5-6,9-10,13-17,21H,3-4,7-8,11-12H2,1-2H3. The molecule has 2 aromatic rings. The summed E-state index contributed by atoms with van der Waals surface area (Å²) in [5.41, 5.74) is 7.00. The lowest BCUT2D eigenvalue weighted by Gasteiger charge is -2.24. The fourth-order valence-corrected chi connectivity index (χ4v) is 3.71. The third-order valence-corrected chi connectivity index (χ3v) is 5.12. The van der Waals surface area contributed by atoms with Crippen molar-refractivity contribution in [1.29, 1.82) is 0 Å². The lowest BCUT2D eigenvalue weighted by Crippen LogP contribution is -2.06. The van der Waals surface area contributed by atoms with E-state index in [-0.39, 0.29) is 0 Å². The summed E-state index contributed by atoms with van der Waals surface area (Å²) in [7, 11) is 1.74. The monoisotopic (exact) mass is 320 g/mol. The van der Waals surface area contributed by atoms with E-state index in [1.165, 1.54) is 66.4 Å². The molecule has 2 aromatic carbocycles. The number of ether oxygens (including phenoxy) is 1. The molecule has 0 bridgehead atoms. The maximum absolute atomic E-state index is 5.15. The molecule has 0 unspecified atom stereocenters. The molecule has 0 amide bonds. The Labute approximate surface area is 146 Å². The molecule has 1 saturated carbocycles. The number of hydrogen-bond donors (Lipinski definition) is 0. The Hall–Kier alpha value is -2.02. The minimum atomic E-state index is 0.694. The van der Waals surface area contributed by atoms with Crippen molar-refractivity contribution in [1.82, 2.24) is 0 Å². The first-order valence-corrected chi connectivity index (χ1v) is 9.20. The van der Waals surface area contributed by atoms with Gasteiger partial charge in [0.05, 0.1) is 13.4 Å². The summed E-state index contributed by atoms with van der Waals surface area (Å²) in [6.45, 7) is 2.23. The molecule has 0 aromatic heterocycles. The Morgan fingerprint density at radius 2 is 1.50 bits per heavy atom. The topological polar surface area (TPSA) is 9.23 Å². The van der Waals surface area contributed by atoms with Crippen molar-refractivity contribution in [2.75, 3.05) is 7.11 Å². The van der Waals surface area contributed by atoms with Gasteiger partial charge in [-0.1, -0.05) is 61.9 Å². The predicted octanol–water partition coefficient (Wildman–Crippen LogP) is 6.49. The normalized spacial score (nSPS) is 17.6. The zero-order valence-corrected chi connectivity index (χ0v) is 14.9. The Kier molecular flexibility index (Phi) is 5.74. The van der Waals surface area contributed by atoms with Crippen molar-refractivity contribution in [2.24, 2.45) is 0 Å². The maximum atomic E-state index is 5.15. The molecule has 0 spiro atoms. The van der Waals surface area contributed by atoms with Gasteiger partial charge in [-0.3, -0.25) is 0 Å². The van der Waals surface area contributed by atoms with Crippen LogP contribution in [0.3, 0.4) is 0 Å². The Balaban J connectivity index is 1.66. The number of benzene rings is 2. The van der Waals surface area contributed by atoms with Crippen LogP contribution < -0.4 is 0 Å². The summed E-state index contributed by atoms with van der Waals surface area (Å²) in [6.07, 6.45) is 9.11. The molecule has 0 heterocycles. The minimum absolute atomic E-state index is 0.694. The Bertz CT molecular complexity index is 654. The molecule has 0 N–H and O–H groups in total. The first kappa shape index (κ1) is 16.8. The molecular weight excluding hydrogens is 292 g/mol. The second-order valence-electron chi connectivity index (χ2n) is 6.86. The molecule has 0 aliphatic heterocycles. The molecule has 1 fully saturated rings. The number of rotatable bonds is 5. The van der Waals surface area contributed by atoms with Gasteiger partial charge in [-0.2, -0.15) is 0 Å². The second kappa shape index (κ2) is 8.19. The molecule has 0 saturated heterocycles. The molecule has 3 rings (SSSR count). The second-order valence-corrected chi connectivity index (χ2v) is 6.86. The smallest absolute Gasteiger partial charge is 0.0816 e. The first-order chi connectivity index (χ1) is 11.8. The van der Waals surface area contributed by atoms with E-state index in [1.54, 1.807) is 7.11 Å². The van der Waals surface area contributed by atoms with Crippen LogP contribution in [0.1, 0.15) is 56.1 Å². The van der Waals surface area contributed by atoms with Crippen molar-refractivity contribution in [2.45, 2.75) is 51.4 Å². The van der Waals surface area contributed by atoms with Crippen LogP contribution in [0.15, 0.2) is 60.4 Å². The van der Waals surface area contributed by atoms with Crippen LogP contribution in [0.25, 0.3) is 11.1 Å². The Morgan fingerprint density at radius 3 is 2.04 bits per heavy atom. The lowest BCUT2D eigenvalue weighted by atomic mass is 9.81. The van der Waals surface area contributed by atoms with E-state index in [0.29, 0.717) is 5.92 Å². The molecule has 0 atom stereocenters. The SMILES string of the molecule is CCCc1ccc(-c2ccc(C3CCC(=COC)CC3)cc2)cc1. The van der Waals surface area contributed by atoms with Crippen molar-refractivity contribution >= 4 is 0 Å². The van der Waals surface area contributed by atoms with Crippen LogP contribution in [-0.4, -0.2) is 7.11 Å². The lowest BCUT2D eigenvalue weighted by molar-refractivity contribution is 0.326. The van der Waals surface area contributed by atoms with Gasteiger partial charge in [-0.05, 0) is 65.8 Å². The van der Waals surface area contributed by atoms with Gasteiger partial charge < -0.3 is 4.74 Å². The summed E-state index contributed by atoms with van der Waals surface area (Å²) < 4.78 is 5.15. The van der Waals surface area contributed by atoms with Gasteiger partial charge >= 0.3 is 0 Å². The van der Waals surface area contributed by atoms with Crippen molar-refractivity contribution < 1.29 is 4.74 Å². The Morgan fingerprint density at radius 1 is 0.917 bits per heavy atom. The molecule has 0 radical (unpaired) electrons.